The molecule has 1 rings (SSSR count). The summed E-state index contributed by atoms with van der Waals surface area (Å²) in [5.41, 5.74) is -0.205. The maximum Gasteiger partial charge on any atom is 0.332 e. The van der Waals surface area contributed by atoms with Crippen LogP contribution in [0.25, 0.3) is 0 Å². The highest BCUT2D eigenvalue weighted by Crippen LogP contribution is 2.44. The summed E-state index contributed by atoms with van der Waals surface area (Å²) in [5.74, 6) is -0.0804. The second kappa shape index (κ2) is 3.29. The van der Waals surface area contributed by atoms with Crippen molar-refractivity contribution in [3.63, 3.8) is 0 Å². The Morgan fingerprint density at radius 1 is 1.38 bits per heavy atom. The molecule has 1 heterocycles. The quantitative estimate of drug-likeness (QED) is 0.732. The van der Waals surface area contributed by atoms with Gasteiger partial charge in [0, 0.05) is 6.42 Å². The lowest BCUT2D eigenvalue weighted by molar-refractivity contribution is -0.251. The van der Waals surface area contributed by atoms with Crippen molar-refractivity contribution in [3.8, 4) is 0 Å². The van der Waals surface area contributed by atoms with Gasteiger partial charge in [0.25, 0.3) is 0 Å². The Balaban J connectivity index is 2.63. The maximum absolute atomic E-state index is 10.6. The van der Waals surface area contributed by atoms with Gasteiger partial charge in [-0.05, 0) is 11.8 Å². The summed E-state index contributed by atoms with van der Waals surface area (Å²) in [5, 5.41) is 8.70. The van der Waals surface area contributed by atoms with Crippen molar-refractivity contribution in [2.75, 3.05) is 0 Å². The Kier molecular flexibility index (Phi) is 2.66. The van der Waals surface area contributed by atoms with Gasteiger partial charge in [-0.1, -0.05) is 27.7 Å². The van der Waals surface area contributed by atoms with E-state index >= 15 is 0 Å². The van der Waals surface area contributed by atoms with E-state index in [0.29, 0.717) is 18.3 Å². The van der Waals surface area contributed by atoms with Crippen molar-refractivity contribution in [2.24, 2.45) is 11.8 Å². The van der Waals surface area contributed by atoms with Crippen LogP contribution in [0.15, 0.2) is 0 Å². The molecule has 3 heteroatoms. The molecule has 0 spiro atoms. The summed E-state index contributed by atoms with van der Waals surface area (Å²) in [6.07, 6.45) is 0.0716. The highest BCUT2D eigenvalue weighted by Gasteiger charge is 2.52. The first-order chi connectivity index (χ1) is 5.90. The first kappa shape index (κ1) is 10.5. The Bertz CT molecular complexity index is 192. The summed E-state index contributed by atoms with van der Waals surface area (Å²) < 4.78 is 5.51. The zero-order valence-electron chi connectivity index (χ0n) is 8.70. The number of ether oxygens (including phenoxy) is 1. The van der Waals surface area contributed by atoms with Crippen LogP contribution in [0, 0.1) is 11.8 Å². The summed E-state index contributed by atoms with van der Waals surface area (Å²) in [6, 6.07) is 0. The average Bonchev–Trinajstić information content (AvgIpc) is 1.80. The molecule has 0 bridgehead atoms. The minimum atomic E-state index is -0.836. The summed E-state index contributed by atoms with van der Waals surface area (Å²) in [6.45, 7) is 8.33. The molecule has 0 aromatic carbocycles. The van der Waals surface area contributed by atoms with E-state index in [1.165, 1.54) is 0 Å². The third-order valence-electron chi connectivity index (χ3n) is 3.10. The van der Waals surface area contributed by atoms with Gasteiger partial charge in [-0.15, -0.1) is 0 Å². The van der Waals surface area contributed by atoms with Crippen LogP contribution in [0.3, 0.4) is 0 Å². The number of carboxylic acid groups (broad SMARTS) is 1. The van der Waals surface area contributed by atoms with Crippen LogP contribution in [0.4, 0.5) is 0 Å². The zero-order valence-corrected chi connectivity index (χ0v) is 8.70. The molecule has 1 atom stereocenters. The molecule has 1 aliphatic heterocycles. The lowest BCUT2D eigenvalue weighted by atomic mass is 9.72. The molecule has 1 N–H and O–H groups in total. The van der Waals surface area contributed by atoms with Crippen molar-refractivity contribution in [1.29, 1.82) is 0 Å². The first-order valence-corrected chi connectivity index (χ1v) is 4.80. The maximum atomic E-state index is 10.6. The minimum Gasteiger partial charge on any atom is -0.479 e. The molecule has 0 amide bonds. The van der Waals surface area contributed by atoms with Crippen molar-refractivity contribution in [1.82, 2.24) is 0 Å². The Hall–Kier alpha value is -0.570. The number of rotatable bonds is 3. The van der Waals surface area contributed by atoms with Crippen LogP contribution in [0.2, 0.25) is 0 Å². The van der Waals surface area contributed by atoms with E-state index in [2.05, 4.69) is 27.7 Å². The van der Waals surface area contributed by atoms with Crippen LogP contribution in [-0.4, -0.2) is 22.8 Å². The van der Waals surface area contributed by atoms with Crippen LogP contribution < -0.4 is 0 Å². The Morgan fingerprint density at radius 2 is 1.77 bits per heavy atom. The van der Waals surface area contributed by atoms with Crippen LogP contribution in [-0.2, 0) is 9.53 Å². The molecule has 0 aromatic heterocycles. The second-order valence-corrected chi connectivity index (χ2v) is 4.41. The van der Waals surface area contributed by atoms with Gasteiger partial charge in [-0.3, -0.25) is 0 Å². The van der Waals surface area contributed by atoms with E-state index in [1.54, 1.807) is 0 Å². The van der Waals surface area contributed by atoms with Crippen molar-refractivity contribution >= 4 is 5.97 Å². The fraction of sp³-hybridized carbons (Fsp3) is 0.900. The Labute approximate surface area is 79.1 Å². The van der Waals surface area contributed by atoms with Crippen molar-refractivity contribution < 1.29 is 14.6 Å². The standard InChI is InChI=1S/C10H18O3/c1-6(2)10(7(3)4)5-8(13-10)9(11)12/h6-8H,5H2,1-4H3,(H,11,12). The van der Waals surface area contributed by atoms with Crippen LogP contribution in [0.5, 0.6) is 0 Å². The average molecular weight is 186 g/mol. The number of carbonyl (C=O) groups is 1. The molecule has 1 fully saturated rings. The van der Waals surface area contributed by atoms with Gasteiger partial charge >= 0.3 is 5.97 Å². The summed E-state index contributed by atoms with van der Waals surface area (Å²) in [7, 11) is 0. The molecule has 76 valence electrons. The lowest BCUT2D eigenvalue weighted by Gasteiger charge is -2.51. The van der Waals surface area contributed by atoms with E-state index in [9.17, 15) is 4.79 Å². The summed E-state index contributed by atoms with van der Waals surface area (Å²) >= 11 is 0. The van der Waals surface area contributed by atoms with Gasteiger partial charge in [0.2, 0.25) is 0 Å². The number of carboxylic acids is 1. The predicted octanol–water partition coefficient (Wildman–Crippen LogP) is 1.91. The second-order valence-electron chi connectivity index (χ2n) is 4.41. The predicted molar refractivity (Wildman–Crippen MR) is 49.5 cm³/mol. The summed E-state index contributed by atoms with van der Waals surface area (Å²) in [4.78, 5) is 10.6. The lowest BCUT2D eigenvalue weighted by Crippen LogP contribution is -2.59. The highest BCUT2D eigenvalue weighted by molar-refractivity contribution is 5.73. The van der Waals surface area contributed by atoms with Crippen LogP contribution >= 0.6 is 0 Å². The van der Waals surface area contributed by atoms with E-state index in [-0.39, 0.29) is 5.60 Å². The monoisotopic (exact) mass is 186 g/mol. The van der Waals surface area contributed by atoms with Gasteiger partial charge in [0.15, 0.2) is 6.10 Å². The molecular weight excluding hydrogens is 168 g/mol. The number of hydrogen-bond acceptors (Lipinski definition) is 2. The van der Waals surface area contributed by atoms with E-state index in [4.69, 9.17) is 9.84 Å². The zero-order chi connectivity index (χ0) is 10.2. The normalized spacial score (nSPS) is 26.2. The molecule has 1 aliphatic rings. The van der Waals surface area contributed by atoms with Crippen molar-refractivity contribution in [3.05, 3.63) is 0 Å². The van der Waals surface area contributed by atoms with Crippen LogP contribution in [0.1, 0.15) is 34.1 Å². The third kappa shape index (κ3) is 1.57. The topological polar surface area (TPSA) is 46.5 Å². The Morgan fingerprint density at radius 3 is 2.00 bits per heavy atom. The van der Waals surface area contributed by atoms with Gasteiger partial charge < -0.3 is 9.84 Å². The van der Waals surface area contributed by atoms with Gasteiger partial charge in [-0.2, -0.15) is 0 Å². The third-order valence-corrected chi connectivity index (χ3v) is 3.10. The molecule has 0 radical (unpaired) electrons. The van der Waals surface area contributed by atoms with Crippen molar-refractivity contribution in [2.45, 2.75) is 45.8 Å². The fourth-order valence-electron chi connectivity index (χ4n) is 2.09. The van der Waals surface area contributed by atoms with Gasteiger partial charge in [0.05, 0.1) is 5.60 Å². The van der Waals surface area contributed by atoms with E-state index in [0.717, 1.165) is 0 Å². The number of aliphatic carboxylic acids is 1. The smallest absolute Gasteiger partial charge is 0.332 e. The van der Waals surface area contributed by atoms with Gasteiger partial charge in [0.1, 0.15) is 0 Å². The fourth-order valence-corrected chi connectivity index (χ4v) is 2.09. The molecular formula is C10H18O3. The molecule has 0 aliphatic carbocycles. The SMILES string of the molecule is CC(C)C1(C(C)C)CC(C(=O)O)O1. The molecule has 1 saturated heterocycles. The first-order valence-electron chi connectivity index (χ1n) is 4.80. The van der Waals surface area contributed by atoms with Gasteiger partial charge in [-0.25, -0.2) is 4.79 Å². The number of hydrogen-bond donors (Lipinski definition) is 1. The molecule has 1 unspecified atom stereocenters. The molecule has 0 saturated carbocycles. The van der Waals surface area contributed by atoms with E-state index in [1.807, 2.05) is 0 Å². The molecule has 0 aromatic rings. The highest BCUT2D eigenvalue weighted by atomic mass is 16.6. The molecule has 3 nitrogen and oxygen atoms in total. The largest absolute Gasteiger partial charge is 0.479 e. The van der Waals surface area contributed by atoms with E-state index < -0.39 is 12.1 Å². The molecule has 13 heavy (non-hydrogen) atoms. The minimum absolute atomic E-state index is 0.205.